The highest BCUT2D eigenvalue weighted by atomic mass is 35.5. The van der Waals surface area contributed by atoms with E-state index in [1.807, 2.05) is 0 Å². The number of nitrogens with one attached hydrogen (secondary N) is 1. The summed E-state index contributed by atoms with van der Waals surface area (Å²) in [6.07, 6.45) is 4.35. The van der Waals surface area contributed by atoms with Crippen LogP contribution in [-0.2, 0) is 9.59 Å². The monoisotopic (exact) mass is 282 g/mol. The highest BCUT2D eigenvalue weighted by Gasteiger charge is 2.35. The number of carbonyl (C=O) groups excluding carboxylic acids is 1. The molecule has 0 bridgehead atoms. The van der Waals surface area contributed by atoms with Gasteiger partial charge in [-0.25, -0.2) is 4.98 Å². The molecule has 1 saturated carbocycles. The van der Waals surface area contributed by atoms with Gasteiger partial charge in [-0.05, 0) is 25.0 Å². The third-order valence-corrected chi connectivity index (χ3v) is 3.62. The summed E-state index contributed by atoms with van der Waals surface area (Å²) in [6.45, 7) is 0. The largest absolute Gasteiger partial charge is 0.481 e. The number of nitrogens with zero attached hydrogens (tertiary/aromatic N) is 1. The Morgan fingerprint density at radius 3 is 2.53 bits per heavy atom. The number of aliphatic carboxylic acids is 1. The van der Waals surface area contributed by atoms with Crippen LogP contribution in [0.15, 0.2) is 18.3 Å². The first-order valence-electron chi connectivity index (χ1n) is 6.23. The third-order valence-electron chi connectivity index (χ3n) is 3.40. The summed E-state index contributed by atoms with van der Waals surface area (Å²) < 4.78 is 0. The average molecular weight is 283 g/mol. The number of halogens is 1. The van der Waals surface area contributed by atoms with Crippen molar-refractivity contribution < 1.29 is 14.7 Å². The molecule has 1 aromatic rings. The maximum atomic E-state index is 12.1. The number of pyridine rings is 1. The van der Waals surface area contributed by atoms with Crippen LogP contribution >= 0.6 is 11.6 Å². The van der Waals surface area contributed by atoms with Gasteiger partial charge >= 0.3 is 5.97 Å². The van der Waals surface area contributed by atoms with Crippen LogP contribution < -0.4 is 5.32 Å². The maximum absolute atomic E-state index is 12.1. The van der Waals surface area contributed by atoms with Gasteiger partial charge in [-0.2, -0.15) is 0 Å². The second kappa shape index (κ2) is 6.02. The SMILES string of the molecule is O=C(O)[C@H]1CCCC[C@H]1C(=O)Nc1ccc(Cl)cn1. The molecule has 2 N–H and O–H groups in total. The molecule has 19 heavy (non-hydrogen) atoms. The van der Waals surface area contributed by atoms with E-state index in [1.54, 1.807) is 12.1 Å². The molecule has 0 radical (unpaired) electrons. The summed E-state index contributed by atoms with van der Waals surface area (Å²) in [4.78, 5) is 27.2. The summed E-state index contributed by atoms with van der Waals surface area (Å²) >= 11 is 5.71. The van der Waals surface area contributed by atoms with E-state index in [2.05, 4.69) is 10.3 Å². The molecule has 1 aliphatic carbocycles. The highest BCUT2D eigenvalue weighted by molar-refractivity contribution is 6.30. The molecule has 0 aromatic carbocycles. The zero-order chi connectivity index (χ0) is 13.8. The van der Waals surface area contributed by atoms with Gasteiger partial charge < -0.3 is 10.4 Å². The number of rotatable bonds is 3. The molecule has 1 heterocycles. The summed E-state index contributed by atoms with van der Waals surface area (Å²) in [5, 5.41) is 12.3. The van der Waals surface area contributed by atoms with E-state index in [0.29, 0.717) is 23.7 Å². The molecule has 102 valence electrons. The lowest BCUT2D eigenvalue weighted by molar-refractivity contribution is -0.147. The number of carbonyl (C=O) groups is 2. The fourth-order valence-electron chi connectivity index (χ4n) is 2.41. The lowest BCUT2D eigenvalue weighted by Crippen LogP contribution is -2.36. The Balaban J connectivity index is 2.05. The van der Waals surface area contributed by atoms with Gasteiger partial charge in [0, 0.05) is 6.20 Å². The Morgan fingerprint density at radius 2 is 1.95 bits per heavy atom. The van der Waals surface area contributed by atoms with Crippen molar-refractivity contribution in [1.29, 1.82) is 0 Å². The van der Waals surface area contributed by atoms with Crippen LogP contribution in [0.2, 0.25) is 5.02 Å². The van der Waals surface area contributed by atoms with Crippen molar-refractivity contribution >= 4 is 29.3 Å². The molecule has 1 aliphatic rings. The Morgan fingerprint density at radius 1 is 1.26 bits per heavy atom. The number of carboxylic acids is 1. The Hall–Kier alpha value is -1.62. The van der Waals surface area contributed by atoms with E-state index in [0.717, 1.165) is 12.8 Å². The van der Waals surface area contributed by atoms with Crippen LogP contribution in [0, 0.1) is 11.8 Å². The van der Waals surface area contributed by atoms with Gasteiger partial charge in [-0.1, -0.05) is 24.4 Å². The van der Waals surface area contributed by atoms with Crippen LogP contribution in [0.1, 0.15) is 25.7 Å². The quantitative estimate of drug-likeness (QED) is 0.893. The van der Waals surface area contributed by atoms with E-state index >= 15 is 0 Å². The maximum Gasteiger partial charge on any atom is 0.307 e. The number of anilines is 1. The van der Waals surface area contributed by atoms with Gasteiger partial charge in [0.2, 0.25) is 5.91 Å². The normalized spacial score (nSPS) is 22.8. The van der Waals surface area contributed by atoms with Crippen LogP contribution in [0.5, 0.6) is 0 Å². The molecule has 5 nitrogen and oxygen atoms in total. The van der Waals surface area contributed by atoms with E-state index < -0.39 is 17.8 Å². The van der Waals surface area contributed by atoms with Crippen molar-refractivity contribution in [3.8, 4) is 0 Å². The molecular weight excluding hydrogens is 268 g/mol. The zero-order valence-corrected chi connectivity index (χ0v) is 11.1. The standard InChI is InChI=1S/C13H15ClN2O3/c14-8-5-6-11(15-7-8)16-12(17)9-3-1-2-4-10(9)13(18)19/h5-7,9-10H,1-4H2,(H,18,19)(H,15,16,17)/t9-,10+/m1/s1. The fourth-order valence-corrected chi connectivity index (χ4v) is 2.52. The van der Waals surface area contributed by atoms with Crippen LogP contribution in [0.4, 0.5) is 5.82 Å². The Bertz CT molecular complexity index is 475. The molecule has 2 atom stereocenters. The number of amides is 1. The smallest absolute Gasteiger partial charge is 0.307 e. The van der Waals surface area contributed by atoms with Crippen LogP contribution in [0.3, 0.4) is 0 Å². The lowest BCUT2D eigenvalue weighted by atomic mass is 9.79. The van der Waals surface area contributed by atoms with Crippen molar-refractivity contribution in [3.63, 3.8) is 0 Å². The summed E-state index contributed by atoms with van der Waals surface area (Å²) in [5.74, 6) is -1.86. The van der Waals surface area contributed by atoms with E-state index in [-0.39, 0.29) is 5.91 Å². The van der Waals surface area contributed by atoms with Gasteiger partial charge in [0.15, 0.2) is 0 Å². The number of carboxylic acid groups (broad SMARTS) is 1. The summed E-state index contributed by atoms with van der Waals surface area (Å²) in [6, 6.07) is 3.22. The molecule has 0 spiro atoms. The van der Waals surface area contributed by atoms with Crippen molar-refractivity contribution in [2.45, 2.75) is 25.7 Å². The van der Waals surface area contributed by atoms with Crippen molar-refractivity contribution in [2.75, 3.05) is 5.32 Å². The topological polar surface area (TPSA) is 79.3 Å². The minimum absolute atomic E-state index is 0.276. The molecule has 1 aromatic heterocycles. The first kappa shape index (κ1) is 13.8. The van der Waals surface area contributed by atoms with Crippen LogP contribution in [0.25, 0.3) is 0 Å². The zero-order valence-electron chi connectivity index (χ0n) is 10.3. The second-order valence-electron chi connectivity index (χ2n) is 4.69. The van der Waals surface area contributed by atoms with E-state index in [9.17, 15) is 9.59 Å². The summed E-state index contributed by atoms with van der Waals surface area (Å²) in [5.41, 5.74) is 0. The third kappa shape index (κ3) is 3.44. The summed E-state index contributed by atoms with van der Waals surface area (Å²) in [7, 11) is 0. The van der Waals surface area contributed by atoms with Crippen LogP contribution in [-0.4, -0.2) is 22.0 Å². The van der Waals surface area contributed by atoms with Crippen molar-refractivity contribution in [1.82, 2.24) is 4.98 Å². The first-order chi connectivity index (χ1) is 9.08. The van der Waals surface area contributed by atoms with Gasteiger partial charge in [0.1, 0.15) is 5.82 Å². The molecule has 1 amide bonds. The number of hydrogen-bond acceptors (Lipinski definition) is 3. The number of aromatic nitrogens is 1. The number of hydrogen-bond donors (Lipinski definition) is 2. The van der Waals surface area contributed by atoms with E-state index in [4.69, 9.17) is 16.7 Å². The fraction of sp³-hybridized carbons (Fsp3) is 0.462. The van der Waals surface area contributed by atoms with Gasteiger partial charge in [-0.15, -0.1) is 0 Å². The van der Waals surface area contributed by atoms with E-state index in [1.165, 1.54) is 6.20 Å². The second-order valence-corrected chi connectivity index (χ2v) is 5.12. The van der Waals surface area contributed by atoms with Crippen molar-refractivity contribution in [3.05, 3.63) is 23.4 Å². The highest BCUT2D eigenvalue weighted by Crippen LogP contribution is 2.31. The van der Waals surface area contributed by atoms with Gasteiger partial charge in [0.25, 0.3) is 0 Å². The molecule has 1 fully saturated rings. The first-order valence-corrected chi connectivity index (χ1v) is 6.61. The predicted octanol–water partition coefficient (Wildman–Crippen LogP) is 2.56. The van der Waals surface area contributed by atoms with Gasteiger partial charge in [0.05, 0.1) is 16.9 Å². The average Bonchev–Trinajstić information content (AvgIpc) is 2.41. The van der Waals surface area contributed by atoms with Gasteiger partial charge in [-0.3, -0.25) is 9.59 Å². The van der Waals surface area contributed by atoms with Crippen molar-refractivity contribution in [2.24, 2.45) is 11.8 Å². The minimum atomic E-state index is -0.899. The Kier molecular flexibility index (Phi) is 4.37. The molecule has 0 unspecified atom stereocenters. The molecule has 2 rings (SSSR count). The minimum Gasteiger partial charge on any atom is -0.481 e. The molecule has 0 saturated heterocycles. The molecule has 6 heteroatoms. The molecule has 0 aliphatic heterocycles. The molecular formula is C13H15ClN2O3. The Labute approximate surface area is 116 Å². The predicted molar refractivity (Wildman–Crippen MR) is 71.0 cm³/mol. The lowest BCUT2D eigenvalue weighted by Gasteiger charge is -2.27.